The standard InChI is InChI=1S/C23H26N2O2S/c1-4-18(3)25(23(26)19-11-6-5-7-12-19)14-20-16-28-22(24-20)15-27-21-13-9-8-10-17(21)2/h5-13,16,18H,4,14-15H2,1-3H3. The minimum atomic E-state index is 0.0423. The molecule has 0 bridgehead atoms. The Kier molecular flexibility index (Phi) is 6.82. The highest BCUT2D eigenvalue weighted by molar-refractivity contribution is 7.09. The summed E-state index contributed by atoms with van der Waals surface area (Å²) in [6, 6.07) is 17.5. The minimum Gasteiger partial charge on any atom is -0.486 e. The van der Waals surface area contributed by atoms with Crippen LogP contribution in [0.25, 0.3) is 0 Å². The Morgan fingerprint density at radius 1 is 1.14 bits per heavy atom. The minimum absolute atomic E-state index is 0.0423. The summed E-state index contributed by atoms with van der Waals surface area (Å²) in [5.41, 5.74) is 2.72. The van der Waals surface area contributed by atoms with Gasteiger partial charge in [0, 0.05) is 17.0 Å². The molecule has 0 saturated heterocycles. The van der Waals surface area contributed by atoms with Crippen LogP contribution < -0.4 is 4.74 Å². The van der Waals surface area contributed by atoms with Crippen molar-refractivity contribution in [2.45, 2.75) is 46.4 Å². The van der Waals surface area contributed by atoms with Gasteiger partial charge in [-0.25, -0.2) is 4.98 Å². The molecule has 4 nitrogen and oxygen atoms in total. The SMILES string of the molecule is CCC(C)N(Cc1csc(COc2ccccc2C)n1)C(=O)c1ccccc1. The number of para-hydroxylation sites is 1. The lowest BCUT2D eigenvalue weighted by molar-refractivity contribution is 0.0669. The van der Waals surface area contributed by atoms with Crippen molar-refractivity contribution in [1.29, 1.82) is 0 Å². The quantitative estimate of drug-likeness (QED) is 0.509. The summed E-state index contributed by atoms with van der Waals surface area (Å²) in [7, 11) is 0. The largest absolute Gasteiger partial charge is 0.486 e. The van der Waals surface area contributed by atoms with Crippen LogP contribution in [0.15, 0.2) is 60.0 Å². The summed E-state index contributed by atoms with van der Waals surface area (Å²) in [6.45, 7) is 7.14. The van der Waals surface area contributed by atoms with Gasteiger partial charge in [-0.1, -0.05) is 43.3 Å². The fourth-order valence-corrected chi connectivity index (χ4v) is 3.61. The summed E-state index contributed by atoms with van der Waals surface area (Å²) >= 11 is 1.57. The second-order valence-electron chi connectivity index (χ2n) is 6.84. The normalized spacial score (nSPS) is 11.8. The predicted molar refractivity (Wildman–Crippen MR) is 114 cm³/mol. The van der Waals surface area contributed by atoms with Gasteiger partial charge in [0.05, 0.1) is 12.2 Å². The lowest BCUT2D eigenvalue weighted by Crippen LogP contribution is -2.37. The maximum atomic E-state index is 13.0. The fraction of sp³-hybridized carbons (Fsp3) is 0.304. The molecule has 2 aromatic carbocycles. The number of aromatic nitrogens is 1. The molecule has 0 aliphatic rings. The number of benzene rings is 2. The summed E-state index contributed by atoms with van der Waals surface area (Å²) in [6.07, 6.45) is 0.895. The smallest absolute Gasteiger partial charge is 0.254 e. The molecule has 0 radical (unpaired) electrons. The molecular weight excluding hydrogens is 368 g/mol. The van der Waals surface area contributed by atoms with Crippen molar-refractivity contribution in [2.75, 3.05) is 0 Å². The van der Waals surface area contributed by atoms with Crippen LogP contribution in [0.4, 0.5) is 0 Å². The van der Waals surface area contributed by atoms with E-state index in [2.05, 4.69) is 18.8 Å². The van der Waals surface area contributed by atoms with Gasteiger partial charge in [0.1, 0.15) is 17.4 Å². The van der Waals surface area contributed by atoms with Crippen molar-refractivity contribution in [2.24, 2.45) is 0 Å². The van der Waals surface area contributed by atoms with Gasteiger partial charge in [-0.05, 0) is 44.0 Å². The van der Waals surface area contributed by atoms with Gasteiger partial charge in [-0.2, -0.15) is 0 Å². The Morgan fingerprint density at radius 2 is 1.86 bits per heavy atom. The number of carbonyl (C=O) groups is 1. The third-order valence-corrected chi connectivity index (χ3v) is 5.65. The Morgan fingerprint density at radius 3 is 2.57 bits per heavy atom. The molecule has 0 aliphatic carbocycles. The summed E-state index contributed by atoms with van der Waals surface area (Å²) in [4.78, 5) is 19.6. The molecule has 1 atom stereocenters. The van der Waals surface area contributed by atoms with Crippen LogP contribution in [-0.2, 0) is 13.2 Å². The number of carbonyl (C=O) groups excluding carboxylic acids is 1. The van der Waals surface area contributed by atoms with Crippen LogP contribution in [0, 0.1) is 6.92 Å². The molecule has 1 unspecified atom stereocenters. The van der Waals surface area contributed by atoms with E-state index in [1.54, 1.807) is 11.3 Å². The van der Waals surface area contributed by atoms with Gasteiger partial charge in [0.15, 0.2) is 0 Å². The Bertz CT molecular complexity index is 908. The van der Waals surface area contributed by atoms with Crippen molar-refractivity contribution in [3.8, 4) is 5.75 Å². The highest BCUT2D eigenvalue weighted by Crippen LogP contribution is 2.21. The maximum Gasteiger partial charge on any atom is 0.254 e. The number of aryl methyl sites for hydroxylation is 1. The van der Waals surface area contributed by atoms with Gasteiger partial charge < -0.3 is 9.64 Å². The Balaban J connectivity index is 1.68. The molecular formula is C23H26N2O2S. The van der Waals surface area contributed by atoms with Gasteiger partial charge in [-0.15, -0.1) is 11.3 Å². The first kappa shape index (κ1) is 20.1. The lowest BCUT2D eigenvalue weighted by Gasteiger charge is -2.28. The first-order valence-electron chi connectivity index (χ1n) is 9.56. The molecule has 3 rings (SSSR count). The molecule has 5 heteroatoms. The lowest BCUT2D eigenvalue weighted by atomic mass is 10.1. The highest BCUT2D eigenvalue weighted by Gasteiger charge is 2.21. The zero-order chi connectivity index (χ0) is 19.9. The fourth-order valence-electron chi connectivity index (χ4n) is 2.91. The maximum absolute atomic E-state index is 13.0. The number of ether oxygens (including phenoxy) is 1. The molecule has 0 N–H and O–H groups in total. The molecule has 0 spiro atoms. The van der Waals surface area contributed by atoms with E-state index in [0.29, 0.717) is 18.7 Å². The second kappa shape index (κ2) is 9.51. The van der Waals surface area contributed by atoms with E-state index in [0.717, 1.165) is 28.4 Å². The van der Waals surface area contributed by atoms with E-state index < -0.39 is 0 Å². The van der Waals surface area contributed by atoms with E-state index in [1.807, 2.05) is 71.8 Å². The first-order chi connectivity index (χ1) is 13.6. The van der Waals surface area contributed by atoms with E-state index >= 15 is 0 Å². The zero-order valence-electron chi connectivity index (χ0n) is 16.6. The summed E-state index contributed by atoms with van der Waals surface area (Å²) < 4.78 is 5.89. The van der Waals surface area contributed by atoms with Crippen LogP contribution in [0.1, 0.15) is 46.9 Å². The van der Waals surface area contributed by atoms with Gasteiger partial charge in [-0.3, -0.25) is 4.79 Å². The predicted octanol–water partition coefficient (Wildman–Crippen LogP) is 5.47. The average molecular weight is 395 g/mol. The molecule has 146 valence electrons. The highest BCUT2D eigenvalue weighted by atomic mass is 32.1. The number of amides is 1. The first-order valence-corrected chi connectivity index (χ1v) is 10.4. The molecule has 0 fully saturated rings. The molecule has 3 aromatic rings. The molecule has 0 aliphatic heterocycles. The van der Waals surface area contributed by atoms with Gasteiger partial charge >= 0.3 is 0 Å². The molecule has 28 heavy (non-hydrogen) atoms. The van der Waals surface area contributed by atoms with Crippen LogP contribution in [-0.4, -0.2) is 21.8 Å². The number of nitrogens with zero attached hydrogens (tertiary/aromatic N) is 2. The van der Waals surface area contributed by atoms with Crippen molar-refractivity contribution in [1.82, 2.24) is 9.88 Å². The molecule has 1 heterocycles. The van der Waals surface area contributed by atoms with Crippen LogP contribution in [0.3, 0.4) is 0 Å². The Labute approximate surface area is 170 Å². The van der Waals surface area contributed by atoms with Crippen molar-refractivity contribution in [3.05, 3.63) is 81.8 Å². The topological polar surface area (TPSA) is 42.4 Å². The van der Waals surface area contributed by atoms with Crippen molar-refractivity contribution in [3.63, 3.8) is 0 Å². The number of thiazole rings is 1. The van der Waals surface area contributed by atoms with Gasteiger partial charge in [0.2, 0.25) is 0 Å². The third kappa shape index (κ3) is 4.98. The zero-order valence-corrected chi connectivity index (χ0v) is 17.4. The third-order valence-electron chi connectivity index (χ3n) is 4.78. The monoisotopic (exact) mass is 394 g/mol. The van der Waals surface area contributed by atoms with E-state index in [4.69, 9.17) is 4.74 Å². The van der Waals surface area contributed by atoms with Gasteiger partial charge in [0.25, 0.3) is 5.91 Å². The van der Waals surface area contributed by atoms with Crippen LogP contribution in [0.2, 0.25) is 0 Å². The van der Waals surface area contributed by atoms with E-state index in [1.165, 1.54) is 0 Å². The number of hydrogen-bond acceptors (Lipinski definition) is 4. The van der Waals surface area contributed by atoms with Crippen LogP contribution in [0.5, 0.6) is 5.75 Å². The molecule has 0 saturated carbocycles. The van der Waals surface area contributed by atoms with Crippen LogP contribution >= 0.6 is 11.3 Å². The molecule has 1 aromatic heterocycles. The number of rotatable bonds is 8. The Hall–Kier alpha value is -2.66. The van der Waals surface area contributed by atoms with E-state index in [9.17, 15) is 4.79 Å². The molecule has 1 amide bonds. The van der Waals surface area contributed by atoms with Crippen molar-refractivity contribution >= 4 is 17.2 Å². The average Bonchev–Trinajstić information content (AvgIpc) is 3.18. The number of hydrogen-bond donors (Lipinski definition) is 0. The van der Waals surface area contributed by atoms with Crippen molar-refractivity contribution < 1.29 is 9.53 Å². The summed E-state index contributed by atoms with van der Waals surface area (Å²) in [5, 5.41) is 2.93. The second-order valence-corrected chi connectivity index (χ2v) is 7.79. The summed E-state index contributed by atoms with van der Waals surface area (Å²) in [5.74, 6) is 0.917. The van der Waals surface area contributed by atoms with E-state index in [-0.39, 0.29) is 11.9 Å².